The van der Waals surface area contributed by atoms with Gasteiger partial charge in [-0.15, -0.1) is 0 Å². The number of nitrogens with zero attached hydrogens (tertiary/aromatic N) is 3. The molecule has 0 fully saturated rings. The van der Waals surface area contributed by atoms with Crippen LogP contribution in [0, 0.1) is 0 Å². The van der Waals surface area contributed by atoms with Crippen molar-refractivity contribution in [1.29, 1.82) is 0 Å². The van der Waals surface area contributed by atoms with Crippen molar-refractivity contribution in [2.45, 2.75) is 27.2 Å². The number of aromatic nitrogens is 2. The maximum Gasteiger partial charge on any atom is 0.157 e. The van der Waals surface area contributed by atoms with E-state index < -0.39 is 0 Å². The van der Waals surface area contributed by atoms with Crippen LogP contribution in [0.5, 0.6) is 0 Å². The Bertz CT molecular complexity index is 322. The molecule has 0 unspecified atom stereocenters. The van der Waals surface area contributed by atoms with Crippen molar-refractivity contribution in [3.8, 4) is 0 Å². The van der Waals surface area contributed by atoms with Crippen LogP contribution in [0.2, 0.25) is 0 Å². The molecule has 0 amide bonds. The van der Waals surface area contributed by atoms with Gasteiger partial charge in [-0.3, -0.25) is 0 Å². The van der Waals surface area contributed by atoms with E-state index in [4.69, 9.17) is 5.73 Å². The predicted molar refractivity (Wildman–Crippen MR) is 68.8 cm³/mol. The van der Waals surface area contributed by atoms with Gasteiger partial charge < -0.3 is 16.0 Å². The number of nitrogens with one attached hydrogen (secondary N) is 1. The average molecular weight is 223 g/mol. The summed E-state index contributed by atoms with van der Waals surface area (Å²) in [7, 11) is 0. The fraction of sp³-hybridized carbons (Fsp3) is 0.636. The number of hydrogen-bond donors (Lipinski definition) is 2. The van der Waals surface area contributed by atoms with Crippen LogP contribution in [0.25, 0.3) is 0 Å². The van der Waals surface area contributed by atoms with Gasteiger partial charge in [-0.2, -0.15) is 0 Å². The smallest absolute Gasteiger partial charge is 0.157 e. The van der Waals surface area contributed by atoms with Gasteiger partial charge in [0.25, 0.3) is 0 Å². The van der Waals surface area contributed by atoms with E-state index in [0.717, 1.165) is 37.7 Å². The van der Waals surface area contributed by atoms with E-state index in [1.54, 1.807) is 6.33 Å². The van der Waals surface area contributed by atoms with Crippen molar-refractivity contribution >= 4 is 17.3 Å². The Morgan fingerprint density at radius 2 is 1.94 bits per heavy atom. The van der Waals surface area contributed by atoms with Crippen molar-refractivity contribution in [3.63, 3.8) is 0 Å². The molecule has 0 spiro atoms. The van der Waals surface area contributed by atoms with Crippen LogP contribution in [0.4, 0.5) is 17.3 Å². The van der Waals surface area contributed by atoms with Crippen LogP contribution in [0.1, 0.15) is 27.2 Å². The molecule has 0 saturated heterocycles. The second-order valence-electron chi connectivity index (χ2n) is 3.56. The first-order chi connectivity index (χ1) is 7.74. The molecule has 0 aliphatic heterocycles. The summed E-state index contributed by atoms with van der Waals surface area (Å²) in [5, 5.41) is 3.20. The number of nitrogens with two attached hydrogens (primary N) is 1. The molecule has 3 N–H and O–H groups in total. The molecule has 0 atom stereocenters. The van der Waals surface area contributed by atoms with E-state index in [2.05, 4.69) is 41.0 Å². The van der Waals surface area contributed by atoms with E-state index in [1.807, 2.05) is 0 Å². The summed E-state index contributed by atoms with van der Waals surface area (Å²) in [4.78, 5) is 10.5. The molecular weight excluding hydrogens is 202 g/mol. The summed E-state index contributed by atoms with van der Waals surface area (Å²) in [5.74, 6) is 1.55. The highest BCUT2D eigenvalue weighted by Gasteiger charge is 2.11. The minimum absolute atomic E-state index is 0.639. The molecule has 5 nitrogen and oxygen atoms in total. The third-order valence-corrected chi connectivity index (χ3v) is 2.47. The zero-order valence-electron chi connectivity index (χ0n) is 10.3. The first-order valence-electron chi connectivity index (χ1n) is 5.83. The molecule has 0 aromatic carbocycles. The predicted octanol–water partition coefficient (Wildman–Crippen LogP) is 1.73. The zero-order valence-corrected chi connectivity index (χ0v) is 10.3. The standard InChI is InChI=1S/C11H21N5/c1-4-7-13-10-9(12)11(15-8-14-10)16(5-2)6-3/h8H,4-7,12H2,1-3H3,(H,13,14,15). The largest absolute Gasteiger partial charge is 0.393 e. The van der Waals surface area contributed by atoms with Crippen LogP contribution in [-0.4, -0.2) is 29.6 Å². The van der Waals surface area contributed by atoms with Gasteiger partial charge >= 0.3 is 0 Å². The zero-order chi connectivity index (χ0) is 12.0. The molecule has 1 heterocycles. The van der Waals surface area contributed by atoms with Gasteiger partial charge in [0, 0.05) is 19.6 Å². The maximum absolute atomic E-state index is 6.05. The molecule has 1 aromatic rings. The minimum Gasteiger partial charge on any atom is -0.393 e. The second-order valence-corrected chi connectivity index (χ2v) is 3.56. The lowest BCUT2D eigenvalue weighted by Crippen LogP contribution is -2.24. The molecule has 1 aromatic heterocycles. The number of rotatable bonds is 6. The van der Waals surface area contributed by atoms with Crippen molar-refractivity contribution in [1.82, 2.24) is 9.97 Å². The van der Waals surface area contributed by atoms with Crippen molar-refractivity contribution in [2.24, 2.45) is 0 Å². The lowest BCUT2D eigenvalue weighted by molar-refractivity contribution is 0.843. The van der Waals surface area contributed by atoms with Crippen molar-refractivity contribution < 1.29 is 0 Å². The average Bonchev–Trinajstić information content (AvgIpc) is 2.31. The van der Waals surface area contributed by atoms with Gasteiger partial charge in [0.2, 0.25) is 0 Å². The third-order valence-electron chi connectivity index (χ3n) is 2.47. The van der Waals surface area contributed by atoms with Crippen LogP contribution < -0.4 is 16.0 Å². The molecule has 0 aliphatic carbocycles. The number of nitrogen functional groups attached to an aromatic ring is 1. The van der Waals surface area contributed by atoms with Gasteiger partial charge in [-0.05, 0) is 20.3 Å². The Morgan fingerprint density at radius 1 is 1.25 bits per heavy atom. The highest BCUT2D eigenvalue weighted by molar-refractivity contribution is 5.74. The molecule has 0 aliphatic rings. The first kappa shape index (κ1) is 12.5. The van der Waals surface area contributed by atoms with E-state index in [9.17, 15) is 0 Å². The Hall–Kier alpha value is -1.52. The topological polar surface area (TPSA) is 67.1 Å². The van der Waals surface area contributed by atoms with Gasteiger partial charge in [0.1, 0.15) is 12.0 Å². The Kier molecular flexibility index (Phi) is 4.82. The van der Waals surface area contributed by atoms with Gasteiger partial charge in [-0.1, -0.05) is 6.92 Å². The molecule has 0 radical (unpaired) electrons. The lowest BCUT2D eigenvalue weighted by Gasteiger charge is -2.22. The van der Waals surface area contributed by atoms with Crippen LogP contribution >= 0.6 is 0 Å². The monoisotopic (exact) mass is 223 g/mol. The molecular formula is C11H21N5. The molecule has 5 heteroatoms. The number of hydrogen-bond acceptors (Lipinski definition) is 5. The summed E-state index contributed by atoms with van der Waals surface area (Å²) in [6, 6.07) is 0. The first-order valence-corrected chi connectivity index (χ1v) is 5.83. The van der Waals surface area contributed by atoms with Gasteiger partial charge in [-0.25, -0.2) is 9.97 Å². The van der Waals surface area contributed by atoms with Crippen LogP contribution in [-0.2, 0) is 0 Å². The molecule has 1 rings (SSSR count). The van der Waals surface area contributed by atoms with Crippen molar-refractivity contribution in [2.75, 3.05) is 35.6 Å². The Morgan fingerprint density at radius 3 is 2.50 bits per heavy atom. The van der Waals surface area contributed by atoms with Crippen molar-refractivity contribution in [3.05, 3.63) is 6.33 Å². The summed E-state index contributed by atoms with van der Waals surface area (Å²) < 4.78 is 0. The highest BCUT2D eigenvalue weighted by Crippen LogP contribution is 2.25. The third kappa shape index (κ3) is 2.74. The highest BCUT2D eigenvalue weighted by atomic mass is 15.2. The fourth-order valence-electron chi connectivity index (χ4n) is 1.55. The Labute approximate surface area is 97.1 Å². The normalized spacial score (nSPS) is 10.2. The maximum atomic E-state index is 6.05. The van der Waals surface area contributed by atoms with E-state index >= 15 is 0 Å². The van der Waals surface area contributed by atoms with E-state index in [1.165, 1.54) is 0 Å². The number of anilines is 3. The van der Waals surface area contributed by atoms with E-state index in [0.29, 0.717) is 5.69 Å². The SMILES string of the molecule is CCCNc1ncnc(N(CC)CC)c1N. The van der Waals surface area contributed by atoms with E-state index in [-0.39, 0.29) is 0 Å². The summed E-state index contributed by atoms with van der Waals surface area (Å²) in [6.45, 7) is 8.94. The Balaban J connectivity index is 2.93. The quantitative estimate of drug-likeness (QED) is 0.768. The molecule has 0 bridgehead atoms. The van der Waals surface area contributed by atoms with Gasteiger partial charge in [0.05, 0.1) is 0 Å². The molecule has 90 valence electrons. The van der Waals surface area contributed by atoms with Crippen LogP contribution in [0.3, 0.4) is 0 Å². The second kappa shape index (κ2) is 6.15. The lowest BCUT2D eigenvalue weighted by atomic mass is 10.3. The summed E-state index contributed by atoms with van der Waals surface area (Å²) >= 11 is 0. The molecule has 0 saturated carbocycles. The van der Waals surface area contributed by atoms with Gasteiger partial charge in [0.15, 0.2) is 11.6 Å². The summed E-state index contributed by atoms with van der Waals surface area (Å²) in [5.41, 5.74) is 6.69. The summed E-state index contributed by atoms with van der Waals surface area (Å²) in [6.07, 6.45) is 2.60. The fourth-order valence-corrected chi connectivity index (χ4v) is 1.55. The van der Waals surface area contributed by atoms with Crippen LogP contribution in [0.15, 0.2) is 6.33 Å². The minimum atomic E-state index is 0.639. The molecule has 16 heavy (non-hydrogen) atoms.